The molecule has 2 N–H and O–H groups in total. The van der Waals surface area contributed by atoms with Crippen LogP contribution < -0.4 is 5.73 Å². The predicted octanol–water partition coefficient (Wildman–Crippen LogP) is 2.67. The first-order valence-corrected chi connectivity index (χ1v) is 8.31. The number of esters is 1. The molecule has 116 valence electrons. The number of hydrogen-bond acceptors (Lipinski definition) is 5. The maximum absolute atomic E-state index is 12.4. The van der Waals surface area contributed by atoms with Crippen LogP contribution in [-0.4, -0.2) is 21.0 Å². The minimum Gasteiger partial charge on any atom is -0.462 e. The summed E-state index contributed by atoms with van der Waals surface area (Å²) in [7, 11) is -3.62. The van der Waals surface area contributed by atoms with Crippen LogP contribution in [0.5, 0.6) is 0 Å². The molecular weight excluding hydrogens is 302 g/mol. The molecule has 0 aromatic heterocycles. The van der Waals surface area contributed by atoms with E-state index in [1.165, 1.54) is 48.5 Å². The van der Waals surface area contributed by atoms with E-state index in [0.29, 0.717) is 17.9 Å². The highest BCUT2D eigenvalue weighted by Crippen LogP contribution is 2.22. The summed E-state index contributed by atoms with van der Waals surface area (Å²) in [4.78, 5) is 12.0. The quantitative estimate of drug-likeness (QED) is 0.676. The number of sulfone groups is 1. The molecule has 0 aliphatic carbocycles. The number of nitrogen functional groups attached to an aromatic ring is 1. The van der Waals surface area contributed by atoms with Gasteiger partial charge in [-0.15, -0.1) is 0 Å². The lowest BCUT2D eigenvalue weighted by Gasteiger charge is -2.07. The van der Waals surface area contributed by atoms with Gasteiger partial charge in [-0.25, -0.2) is 13.2 Å². The van der Waals surface area contributed by atoms with E-state index in [1.807, 2.05) is 6.92 Å². The predicted molar refractivity (Wildman–Crippen MR) is 83.3 cm³/mol. The molecule has 0 radical (unpaired) electrons. The van der Waals surface area contributed by atoms with Gasteiger partial charge in [0.2, 0.25) is 9.84 Å². The maximum atomic E-state index is 12.4. The van der Waals surface area contributed by atoms with Crippen molar-refractivity contribution in [1.82, 2.24) is 0 Å². The largest absolute Gasteiger partial charge is 0.462 e. The number of benzene rings is 2. The zero-order valence-corrected chi connectivity index (χ0v) is 13.0. The second-order valence-electron chi connectivity index (χ2n) is 4.73. The Bertz CT molecular complexity index is 750. The van der Waals surface area contributed by atoms with Crippen LogP contribution >= 0.6 is 0 Å². The van der Waals surface area contributed by atoms with Gasteiger partial charge in [-0.3, -0.25) is 0 Å². The molecule has 0 fully saturated rings. The summed E-state index contributed by atoms with van der Waals surface area (Å²) in [5.74, 6) is -0.460. The summed E-state index contributed by atoms with van der Waals surface area (Å²) < 4.78 is 29.9. The van der Waals surface area contributed by atoms with Crippen LogP contribution in [0, 0.1) is 0 Å². The average Bonchev–Trinajstić information content (AvgIpc) is 2.53. The Kier molecular flexibility index (Phi) is 4.82. The molecule has 2 aromatic carbocycles. The van der Waals surface area contributed by atoms with E-state index in [1.54, 1.807) is 0 Å². The van der Waals surface area contributed by atoms with Crippen molar-refractivity contribution in [2.24, 2.45) is 0 Å². The molecule has 0 saturated heterocycles. The van der Waals surface area contributed by atoms with Crippen molar-refractivity contribution in [3.63, 3.8) is 0 Å². The summed E-state index contributed by atoms with van der Waals surface area (Å²) in [5, 5.41) is 0. The fourth-order valence-electron chi connectivity index (χ4n) is 1.83. The van der Waals surface area contributed by atoms with Gasteiger partial charge in [-0.2, -0.15) is 0 Å². The monoisotopic (exact) mass is 319 g/mol. The van der Waals surface area contributed by atoms with Gasteiger partial charge in [0.15, 0.2) is 0 Å². The molecule has 0 amide bonds. The molecule has 0 spiro atoms. The van der Waals surface area contributed by atoms with Crippen molar-refractivity contribution in [3.8, 4) is 0 Å². The summed E-state index contributed by atoms with van der Waals surface area (Å²) in [6, 6.07) is 11.7. The third kappa shape index (κ3) is 3.46. The van der Waals surface area contributed by atoms with Crippen LogP contribution in [0.15, 0.2) is 58.3 Å². The molecule has 0 heterocycles. The molecule has 2 rings (SSSR count). The van der Waals surface area contributed by atoms with Crippen molar-refractivity contribution in [3.05, 3.63) is 54.1 Å². The number of carbonyl (C=O) groups is 1. The Hall–Kier alpha value is -2.34. The number of rotatable bonds is 5. The minimum absolute atomic E-state index is 0.115. The normalized spacial score (nSPS) is 11.1. The summed E-state index contributed by atoms with van der Waals surface area (Å²) in [6.45, 7) is 2.24. The molecule has 0 saturated carbocycles. The van der Waals surface area contributed by atoms with Crippen LogP contribution in [-0.2, 0) is 14.6 Å². The molecule has 0 aliphatic rings. The fourth-order valence-corrected chi connectivity index (χ4v) is 3.09. The number of ether oxygens (including phenoxy) is 1. The lowest BCUT2D eigenvalue weighted by Crippen LogP contribution is -2.07. The van der Waals surface area contributed by atoms with Crippen molar-refractivity contribution >= 4 is 21.5 Å². The molecule has 22 heavy (non-hydrogen) atoms. The Balaban J connectivity index is 2.26. The Morgan fingerprint density at radius 1 is 1.00 bits per heavy atom. The number of anilines is 1. The fraction of sp³-hybridized carbons (Fsp3) is 0.188. The third-order valence-electron chi connectivity index (χ3n) is 3.03. The van der Waals surface area contributed by atoms with E-state index >= 15 is 0 Å². The molecular formula is C16H17NO4S. The first kappa shape index (κ1) is 16.0. The molecule has 0 unspecified atom stereocenters. The highest BCUT2D eigenvalue weighted by atomic mass is 32.2. The topological polar surface area (TPSA) is 86.5 Å². The van der Waals surface area contributed by atoms with Crippen molar-refractivity contribution in [2.75, 3.05) is 12.3 Å². The third-order valence-corrected chi connectivity index (χ3v) is 4.81. The first-order valence-electron chi connectivity index (χ1n) is 6.83. The Morgan fingerprint density at radius 3 is 2.00 bits per heavy atom. The SMILES string of the molecule is CCCOC(=O)c1ccc(S(=O)(=O)c2ccc(N)cc2)cc1. The van der Waals surface area contributed by atoms with E-state index in [2.05, 4.69) is 0 Å². The van der Waals surface area contributed by atoms with Gasteiger partial charge in [0.1, 0.15) is 0 Å². The zero-order chi connectivity index (χ0) is 16.2. The average molecular weight is 319 g/mol. The van der Waals surface area contributed by atoms with E-state index in [4.69, 9.17) is 10.5 Å². The lowest BCUT2D eigenvalue weighted by molar-refractivity contribution is 0.0505. The summed E-state index contributed by atoms with van der Waals surface area (Å²) >= 11 is 0. The maximum Gasteiger partial charge on any atom is 0.338 e. The zero-order valence-electron chi connectivity index (χ0n) is 12.2. The van der Waals surface area contributed by atoms with Gasteiger partial charge in [-0.1, -0.05) is 6.92 Å². The van der Waals surface area contributed by atoms with Gasteiger partial charge in [0.25, 0.3) is 0 Å². The molecule has 0 bridgehead atoms. The second kappa shape index (κ2) is 6.62. The molecule has 0 atom stereocenters. The van der Waals surface area contributed by atoms with Crippen molar-refractivity contribution in [2.45, 2.75) is 23.1 Å². The number of hydrogen-bond donors (Lipinski definition) is 1. The Labute approximate surface area is 129 Å². The Morgan fingerprint density at radius 2 is 1.50 bits per heavy atom. The van der Waals surface area contributed by atoms with E-state index in [-0.39, 0.29) is 9.79 Å². The molecule has 0 aliphatic heterocycles. The van der Waals surface area contributed by atoms with Gasteiger partial charge in [0, 0.05) is 5.69 Å². The lowest BCUT2D eigenvalue weighted by atomic mass is 10.2. The van der Waals surface area contributed by atoms with Crippen molar-refractivity contribution < 1.29 is 17.9 Å². The van der Waals surface area contributed by atoms with Gasteiger partial charge in [-0.05, 0) is 55.0 Å². The smallest absolute Gasteiger partial charge is 0.338 e. The van der Waals surface area contributed by atoms with E-state index in [0.717, 1.165) is 6.42 Å². The molecule has 6 heteroatoms. The first-order chi connectivity index (χ1) is 10.4. The van der Waals surface area contributed by atoms with E-state index < -0.39 is 15.8 Å². The highest BCUT2D eigenvalue weighted by molar-refractivity contribution is 7.91. The number of nitrogens with two attached hydrogens (primary N) is 1. The summed E-state index contributed by atoms with van der Waals surface area (Å²) in [5.41, 5.74) is 6.37. The van der Waals surface area contributed by atoms with Crippen LogP contribution in [0.4, 0.5) is 5.69 Å². The summed E-state index contributed by atoms with van der Waals surface area (Å²) in [6.07, 6.45) is 0.731. The van der Waals surface area contributed by atoms with Crippen LogP contribution in [0.25, 0.3) is 0 Å². The minimum atomic E-state index is -3.62. The van der Waals surface area contributed by atoms with Gasteiger partial charge >= 0.3 is 5.97 Å². The van der Waals surface area contributed by atoms with E-state index in [9.17, 15) is 13.2 Å². The van der Waals surface area contributed by atoms with Gasteiger partial charge < -0.3 is 10.5 Å². The van der Waals surface area contributed by atoms with Crippen molar-refractivity contribution in [1.29, 1.82) is 0 Å². The number of carbonyl (C=O) groups excluding carboxylic acids is 1. The standard InChI is InChI=1S/C16H17NO4S/c1-2-11-21-16(18)12-3-7-14(8-4-12)22(19,20)15-9-5-13(17)6-10-15/h3-10H,2,11,17H2,1H3. The van der Waals surface area contributed by atoms with Gasteiger partial charge in [0.05, 0.1) is 22.0 Å². The van der Waals surface area contributed by atoms with Crippen LogP contribution in [0.3, 0.4) is 0 Å². The molecule has 5 nitrogen and oxygen atoms in total. The second-order valence-corrected chi connectivity index (χ2v) is 6.68. The molecule has 2 aromatic rings. The van der Waals surface area contributed by atoms with Crippen LogP contribution in [0.1, 0.15) is 23.7 Å². The highest BCUT2D eigenvalue weighted by Gasteiger charge is 2.18. The van der Waals surface area contributed by atoms with Crippen LogP contribution in [0.2, 0.25) is 0 Å².